The van der Waals surface area contributed by atoms with Crippen LogP contribution in [0.4, 0.5) is 8.78 Å². The first-order chi connectivity index (χ1) is 9.52. The number of ether oxygens (including phenoxy) is 2. The highest BCUT2D eigenvalue weighted by Gasteiger charge is 2.31. The largest absolute Gasteiger partial charge is 0.467 e. The van der Waals surface area contributed by atoms with E-state index in [-0.39, 0.29) is 25.3 Å². The van der Waals surface area contributed by atoms with Gasteiger partial charge in [-0.1, -0.05) is 0 Å². The summed E-state index contributed by atoms with van der Waals surface area (Å²) < 4.78 is 36.4. The van der Waals surface area contributed by atoms with E-state index in [4.69, 9.17) is 4.74 Å². The van der Waals surface area contributed by atoms with E-state index < -0.39 is 29.6 Å². The summed E-state index contributed by atoms with van der Waals surface area (Å²) in [5.74, 6) is -2.80. The fraction of sp³-hybridized carbons (Fsp3) is 0.385. The van der Waals surface area contributed by atoms with Crippen molar-refractivity contribution in [1.29, 1.82) is 0 Å². The zero-order chi connectivity index (χ0) is 14.7. The van der Waals surface area contributed by atoms with Crippen LogP contribution in [0.3, 0.4) is 0 Å². The van der Waals surface area contributed by atoms with Crippen LogP contribution >= 0.6 is 0 Å². The molecule has 5 nitrogen and oxygen atoms in total. The molecule has 1 heterocycles. The lowest BCUT2D eigenvalue weighted by molar-refractivity contribution is -0.158. The third-order valence-electron chi connectivity index (χ3n) is 2.98. The van der Waals surface area contributed by atoms with Crippen LogP contribution in [0.25, 0.3) is 0 Å². The minimum Gasteiger partial charge on any atom is -0.467 e. The van der Waals surface area contributed by atoms with Crippen molar-refractivity contribution in [3.63, 3.8) is 0 Å². The standard InChI is InChI=1S/C13H13F2NO4/c1-19-13(18)11-7-16(4-5-20-11)12(17)9-6-8(14)2-3-10(9)15/h2-3,6,11H,4-5,7H2,1H3. The number of rotatable bonds is 2. The van der Waals surface area contributed by atoms with E-state index in [1.165, 1.54) is 12.0 Å². The second-order valence-corrected chi connectivity index (χ2v) is 4.26. The monoisotopic (exact) mass is 285 g/mol. The number of benzene rings is 1. The zero-order valence-corrected chi connectivity index (χ0v) is 10.8. The molecule has 1 aliphatic heterocycles. The number of carbonyl (C=O) groups excluding carboxylic acids is 2. The molecular weight excluding hydrogens is 272 g/mol. The quantitative estimate of drug-likeness (QED) is 0.760. The summed E-state index contributed by atoms with van der Waals surface area (Å²) in [6.45, 7) is 0.270. The van der Waals surface area contributed by atoms with Crippen molar-refractivity contribution >= 4 is 11.9 Å². The highest BCUT2D eigenvalue weighted by atomic mass is 19.1. The minimum absolute atomic E-state index is 0.0541. The van der Waals surface area contributed by atoms with Crippen LogP contribution in [0, 0.1) is 11.6 Å². The second-order valence-electron chi connectivity index (χ2n) is 4.26. The molecule has 1 aromatic carbocycles. The van der Waals surface area contributed by atoms with Crippen molar-refractivity contribution in [1.82, 2.24) is 4.90 Å². The highest BCUT2D eigenvalue weighted by Crippen LogP contribution is 2.15. The Labute approximate surface area is 114 Å². The molecule has 0 saturated carbocycles. The number of carbonyl (C=O) groups is 2. The van der Waals surface area contributed by atoms with Crippen molar-refractivity contribution in [3.8, 4) is 0 Å². The molecule has 20 heavy (non-hydrogen) atoms. The molecule has 7 heteroatoms. The second kappa shape index (κ2) is 5.96. The summed E-state index contributed by atoms with van der Waals surface area (Å²) >= 11 is 0. The molecule has 1 fully saturated rings. The normalized spacial score (nSPS) is 18.8. The van der Waals surface area contributed by atoms with Crippen molar-refractivity contribution in [3.05, 3.63) is 35.4 Å². The van der Waals surface area contributed by atoms with Gasteiger partial charge in [0.1, 0.15) is 11.6 Å². The summed E-state index contributed by atoms with van der Waals surface area (Å²) in [5.41, 5.74) is -0.365. The molecule has 1 amide bonds. The minimum atomic E-state index is -0.908. The molecule has 1 atom stereocenters. The summed E-state index contributed by atoms with van der Waals surface area (Å²) in [6.07, 6.45) is -0.908. The Morgan fingerprint density at radius 2 is 2.15 bits per heavy atom. The van der Waals surface area contributed by atoms with E-state index in [9.17, 15) is 18.4 Å². The van der Waals surface area contributed by atoms with Gasteiger partial charge in [-0.2, -0.15) is 0 Å². The third kappa shape index (κ3) is 2.93. The van der Waals surface area contributed by atoms with Gasteiger partial charge in [0.05, 0.1) is 25.8 Å². The lowest BCUT2D eigenvalue weighted by Gasteiger charge is -2.31. The van der Waals surface area contributed by atoms with Gasteiger partial charge in [-0.25, -0.2) is 13.6 Å². The molecule has 1 aromatic rings. The van der Waals surface area contributed by atoms with Crippen molar-refractivity contribution < 1.29 is 27.8 Å². The van der Waals surface area contributed by atoms with Gasteiger partial charge in [0.25, 0.3) is 5.91 Å². The molecule has 0 radical (unpaired) electrons. The number of amides is 1. The molecule has 1 saturated heterocycles. The number of hydrogen-bond acceptors (Lipinski definition) is 4. The number of morpholine rings is 1. The van der Waals surface area contributed by atoms with Crippen molar-refractivity contribution in [2.24, 2.45) is 0 Å². The van der Waals surface area contributed by atoms with E-state index >= 15 is 0 Å². The number of nitrogens with zero attached hydrogens (tertiary/aromatic N) is 1. The number of methoxy groups -OCH3 is 1. The average Bonchev–Trinajstić information content (AvgIpc) is 2.48. The molecular formula is C13H13F2NO4. The van der Waals surface area contributed by atoms with Crippen LogP contribution < -0.4 is 0 Å². The lowest BCUT2D eigenvalue weighted by atomic mass is 10.1. The van der Waals surface area contributed by atoms with Gasteiger partial charge in [0, 0.05) is 6.54 Å². The summed E-state index contributed by atoms with van der Waals surface area (Å²) in [5, 5.41) is 0. The van der Waals surface area contributed by atoms with Crippen LogP contribution in [0.5, 0.6) is 0 Å². The summed E-state index contributed by atoms with van der Waals surface area (Å²) in [6, 6.07) is 2.66. The Morgan fingerprint density at radius 1 is 1.40 bits per heavy atom. The first kappa shape index (κ1) is 14.4. The Hall–Kier alpha value is -2.02. The van der Waals surface area contributed by atoms with E-state index in [0.717, 1.165) is 18.2 Å². The predicted octanol–water partition coefficient (Wildman–Crippen LogP) is 0.979. The van der Waals surface area contributed by atoms with Gasteiger partial charge < -0.3 is 14.4 Å². The van der Waals surface area contributed by atoms with Crippen LogP contribution in [-0.2, 0) is 14.3 Å². The van der Waals surface area contributed by atoms with Gasteiger partial charge in [0.2, 0.25) is 0 Å². The molecule has 0 bridgehead atoms. The van der Waals surface area contributed by atoms with Gasteiger partial charge in [-0.05, 0) is 18.2 Å². The number of halogens is 2. The smallest absolute Gasteiger partial charge is 0.336 e. The maximum Gasteiger partial charge on any atom is 0.336 e. The van der Waals surface area contributed by atoms with E-state index in [0.29, 0.717) is 0 Å². The first-order valence-corrected chi connectivity index (χ1v) is 5.96. The fourth-order valence-electron chi connectivity index (χ4n) is 1.94. The molecule has 1 aliphatic rings. The topological polar surface area (TPSA) is 55.8 Å². The van der Waals surface area contributed by atoms with E-state index in [1.807, 2.05) is 0 Å². The Morgan fingerprint density at radius 3 is 2.85 bits per heavy atom. The molecule has 0 spiro atoms. The zero-order valence-electron chi connectivity index (χ0n) is 10.8. The van der Waals surface area contributed by atoms with Crippen LogP contribution in [0.1, 0.15) is 10.4 Å². The van der Waals surface area contributed by atoms with Crippen molar-refractivity contribution in [2.75, 3.05) is 26.8 Å². The van der Waals surface area contributed by atoms with Gasteiger partial charge >= 0.3 is 5.97 Å². The van der Waals surface area contributed by atoms with Crippen LogP contribution in [0.15, 0.2) is 18.2 Å². The molecule has 108 valence electrons. The Bertz CT molecular complexity index is 535. The average molecular weight is 285 g/mol. The molecule has 2 rings (SSSR count). The van der Waals surface area contributed by atoms with E-state index in [2.05, 4.69) is 4.74 Å². The molecule has 1 unspecified atom stereocenters. The molecule has 0 aromatic heterocycles. The van der Waals surface area contributed by atoms with Gasteiger partial charge in [-0.3, -0.25) is 4.79 Å². The maximum atomic E-state index is 13.6. The van der Waals surface area contributed by atoms with Crippen LogP contribution in [0.2, 0.25) is 0 Å². The van der Waals surface area contributed by atoms with Gasteiger partial charge in [0.15, 0.2) is 6.10 Å². The first-order valence-electron chi connectivity index (χ1n) is 5.96. The molecule has 0 aliphatic carbocycles. The lowest BCUT2D eigenvalue weighted by Crippen LogP contribution is -2.49. The maximum absolute atomic E-state index is 13.6. The Balaban J connectivity index is 2.16. The van der Waals surface area contributed by atoms with Crippen molar-refractivity contribution in [2.45, 2.75) is 6.10 Å². The SMILES string of the molecule is COC(=O)C1CN(C(=O)c2cc(F)ccc2F)CCO1. The summed E-state index contributed by atoms with van der Waals surface area (Å²) in [4.78, 5) is 24.8. The third-order valence-corrected chi connectivity index (χ3v) is 2.98. The Kier molecular flexibility index (Phi) is 4.29. The highest BCUT2D eigenvalue weighted by molar-refractivity contribution is 5.95. The van der Waals surface area contributed by atoms with E-state index in [1.54, 1.807) is 0 Å². The predicted molar refractivity (Wildman–Crippen MR) is 64.0 cm³/mol. The fourth-order valence-corrected chi connectivity index (χ4v) is 1.94. The summed E-state index contributed by atoms with van der Waals surface area (Å²) in [7, 11) is 1.21. The number of esters is 1. The number of hydrogen-bond donors (Lipinski definition) is 0. The molecule has 0 N–H and O–H groups in total. The van der Waals surface area contributed by atoms with Crippen LogP contribution in [-0.4, -0.2) is 49.7 Å². The van der Waals surface area contributed by atoms with Gasteiger partial charge in [-0.15, -0.1) is 0 Å².